The van der Waals surface area contributed by atoms with E-state index in [4.69, 9.17) is 5.73 Å². The van der Waals surface area contributed by atoms with Crippen LogP contribution in [0.15, 0.2) is 24.3 Å². The van der Waals surface area contributed by atoms with Gasteiger partial charge >= 0.3 is 6.03 Å². The van der Waals surface area contributed by atoms with E-state index in [0.717, 1.165) is 5.56 Å². The van der Waals surface area contributed by atoms with Crippen molar-refractivity contribution in [3.63, 3.8) is 0 Å². The molecule has 6 heteroatoms. The Hall–Kier alpha value is -2.08. The van der Waals surface area contributed by atoms with Crippen molar-refractivity contribution in [2.24, 2.45) is 11.7 Å². The predicted octanol–water partition coefficient (Wildman–Crippen LogP) is 1.08. The molecule has 1 aromatic carbocycles. The molecule has 20 heavy (non-hydrogen) atoms. The second-order valence-corrected chi connectivity index (χ2v) is 5.07. The van der Waals surface area contributed by atoms with Crippen LogP contribution in [0, 0.1) is 5.92 Å². The predicted molar refractivity (Wildman–Crippen MR) is 75.0 cm³/mol. The lowest BCUT2D eigenvalue weighted by atomic mass is 10.1. The summed E-state index contributed by atoms with van der Waals surface area (Å²) in [6.07, 6.45) is 0.0223. The molecular formula is C14H19N3O3. The molecule has 1 aromatic rings. The summed E-state index contributed by atoms with van der Waals surface area (Å²) in [6.45, 7) is 2.55. The molecule has 0 aromatic heterocycles. The van der Waals surface area contributed by atoms with Gasteiger partial charge in [-0.2, -0.15) is 0 Å². The van der Waals surface area contributed by atoms with E-state index in [-0.39, 0.29) is 17.9 Å². The number of aliphatic hydroxyl groups is 1. The number of urea groups is 1. The summed E-state index contributed by atoms with van der Waals surface area (Å²) in [7, 11) is 0. The molecule has 6 nitrogen and oxygen atoms in total. The Morgan fingerprint density at radius 1 is 1.50 bits per heavy atom. The maximum absolute atomic E-state index is 12.1. The van der Waals surface area contributed by atoms with Crippen LogP contribution in [-0.2, 0) is 4.79 Å². The van der Waals surface area contributed by atoms with Gasteiger partial charge in [-0.25, -0.2) is 4.79 Å². The Morgan fingerprint density at radius 2 is 2.25 bits per heavy atom. The van der Waals surface area contributed by atoms with Crippen molar-refractivity contribution in [3.05, 3.63) is 29.8 Å². The molecule has 0 spiro atoms. The Labute approximate surface area is 117 Å². The minimum absolute atomic E-state index is 0.253. The molecule has 2 atom stereocenters. The molecule has 3 amide bonds. The topological polar surface area (TPSA) is 95.7 Å². The van der Waals surface area contributed by atoms with Gasteiger partial charge in [-0.15, -0.1) is 0 Å². The maximum atomic E-state index is 12.1. The fourth-order valence-corrected chi connectivity index (χ4v) is 2.26. The van der Waals surface area contributed by atoms with Crippen molar-refractivity contribution in [2.75, 3.05) is 18.4 Å². The van der Waals surface area contributed by atoms with Crippen LogP contribution in [0.4, 0.5) is 10.5 Å². The first-order chi connectivity index (χ1) is 9.47. The van der Waals surface area contributed by atoms with Crippen LogP contribution in [0.25, 0.3) is 0 Å². The molecule has 108 valence electrons. The first kappa shape index (κ1) is 14.3. The number of hydrogen-bond acceptors (Lipinski definition) is 3. The molecule has 0 aliphatic carbocycles. The first-order valence-electron chi connectivity index (χ1n) is 6.60. The molecule has 1 aliphatic heterocycles. The number of nitrogens with two attached hydrogens (primary N) is 1. The molecule has 1 fully saturated rings. The minimum Gasteiger partial charge on any atom is -0.389 e. The molecule has 0 bridgehead atoms. The van der Waals surface area contributed by atoms with Crippen LogP contribution in [-0.4, -0.2) is 35.0 Å². The van der Waals surface area contributed by atoms with Crippen LogP contribution in [0.3, 0.4) is 0 Å². The highest BCUT2D eigenvalue weighted by Crippen LogP contribution is 2.20. The SMILES string of the molecule is CC(O)c1cccc(NC(=O)N2CCC(C(N)=O)C2)c1. The molecule has 1 heterocycles. The zero-order valence-corrected chi connectivity index (χ0v) is 11.4. The smallest absolute Gasteiger partial charge is 0.321 e. The van der Waals surface area contributed by atoms with Gasteiger partial charge in [0, 0.05) is 18.8 Å². The lowest BCUT2D eigenvalue weighted by molar-refractivity contribution is -0.121. The molecule has 2 rings (SSSR count). The summed E-state index contributed by atoms with van der Waals surface area (Å²) in [5, 5.41) is 12.3. The van der Waals surface area contributed by atoms with E-state index < -0.39 is 6.10 Å². The van der Waals surface area contributed by atoms with Crippen molar-refractivity contribution in [3.8, 4) is 0 Å². The number of carbonyl (C=O) groups is 2. The summed E-state index contributed by atoms with van der Waals surface area (Å²) in [5.41, 5.74) is 6.60. The number of amides is 3. The van der Waals surface area contributed by atoms with Crippen LogP contribution in [0.5, 0.6) is 0 Å². The highest BCUT2D eigenvalue weighted by molar-refractivity contribution is 5.90. The third-order valence-corrected chi connectivity index (χ3v) is 3.50. The van der Waals surface area contributed by atoms with Gasteiger partial charge in [0.05, 0.1) is 12.0 Å². The Kier molecular flexibility index (Phi) is 4.24. The molecule has 0 saturated carbocycles. The zero-order valence-electron chi connectivity index (χ0n) is 11.4. The number of benzene rings is 1. The Bertz CT molecular complexity index is 516. The van der Waals surface area contributed by atoms with Gasteiger partial charge in [0.25, 0.3) is 0 Å². The lowest BCUT2D eigenvalue weighted by Gasteiger charge is -2.17. The first-order valence-corrected chi connectivity index (χ1v) is 6.60. The summed E-state index contributed by atoms with van der Waals surface area (Å²) < 4.78 is 0. The maximum Gasteiger partial charge on any atom is 0.321 e. The number of nitrogens with zero attached hydrogens (tertiary/aromatic N) is 1. The van der Waals surface area contributed by atoms with Crippen LogP contribution in [0.1, 0.15) is 25.0 Å². The van der Waals surface area contributed by atoms with Crippen molar-refractivity contribution in [2.45, 2.75) is 19.4 Å². The van der Waals surface area contributed by atoms with Gasteiger partial charge < -0.3 is 21.1 Å². The molecule has 4 N–H and O–H groups in total. The quantitative estimate of drug-likeness (QED) is 0.771. The highest BCUT2D eigenvalue weighted by Gasteiger charge is 2.29. The number of primary amides is 1. The van der Waals surface area contributed by atoms with Crippen molar-refractivity contribution < 1.29 is 14.7 Å². The van der Waals surface area contributed by atoms with Gasteiger partial charge in [-0.05, 0) is 31.0 Å². The number of nitrogens with one attached hydrogen (secondary N) is 1. The van der Waals surface area contributed by atoms with Gasteiger partial charge in [-0.1, -0.05) is 12.1 Å². The number of hydrogen-bond donors (Lipinski definition) is 3. The summed E-state index contributed by atoms with van der Waals surface area (Å²) in [5.74, 6) is -0.624. The second kappa shape index (κ2) is 5.92. The number of likely N-dealkylation sites (tertiary alicyclic amines) is 1. The van der Waals surface area contributed by atoms with Gasteiger partial charge in [0.1, 0.15) is 0 Å². The normalized spacial score (nSPS) is 19.7. The van der Waals surface area contributed by atoms with E-state index in [9.17, 15) is 14.7 Å². The Balaban J connectivity index is 1.98. The monoisotopic (exact) mass is 277 g/mol. The molecule has 1 aliphatic rings. The number of rotatable bonds is 3. The van der Waals surface area contributed by atoms with Gasteiger partial charge in [0.15, 0.2) is 0 Å². The van der Waals surface area contributed by atoms with E-state index in [1.807, 2.05) is 0 Å². The molecule has 1 saturated heterocycles. The Morgan fingerprint density at radius 3 is 2.85 bits per heavy atom. The number of aliphatic hydroxyl groups excluding tert-OH is 1. The van der Waals surface area contributed by atoms with Crippen LogP contribution in [0.2, 0.25) is 0 Å². The van der Waals surface area contributed by atoms with Crippen LogP contribution >= 0.6 is 0 Å². The van der Waals surface area contributed by atoms with Crippen LogP contribution < -0.4 is 11.1 Å². The van der Waals surface area contributed by atoms with E-state index >= 15 is 0 Å². The van der Waals surface area contributed by atoms with E-state index in [2.05, 4.69) is 5.32 Å². The fourth-order valence-electron chi connectivity index (χ4n) is 2.26. The molecule has 2 unspecified atom stereocenters. The van der Waals surface area contributed by atoms with Gasteiger partial charge in [0.2, 0.25) is 5.91 Å². The van der Waals surface area contributed by atoms with E-state index in [1.54, 1.807) is 36.1 Å². The fraction of sp³-hybridized carbons (Fsp3) is 0.429. The molecule has 0 radical (unpaired) electrons. The largest absolute Gasteiger partial charge is 0.389 e. The number of carbonyl (C=O) groups excluding carboxylic acids is 2. The summed E-state index contributed by atoms with van der Waals surface area (Å²) >= 11 is 0. The average molecular weight is 277 g/mol. The third kappa shape index (κ3) is 3.27. The van der Waals surface area contributed by atoms with Gasteiger partial charge in [-0.3, -0.25) is 4.79 Å². The lowest BCUT2D eigenvalue weighted by Crippen LogP contribution is -2.34. The average Bonchev–Trinajstić information content (AvgIpc) is 2.88. The summed E-state index contributed by atoms with van der Waals surface area (Å²) in [6, 6.07) is 6.79. The second-order valence-electron chi connectivity index (χ2n) is 5.07. The minimum atomic E-state index is -0.585. The zero-order chi connectivity index (χ0) is 14.7. The highest BCUT2D eigenvalue weighted by atomic mass is 16.3. The molecular weight excluding hydrogens is 258 g/mol. The third-order valence-electron chi connectivity index (χ3n) is 3.50. The van der Waals surface area contributed by atoms with Crippen molar-refractivity contribution >= 4 is 17.6 Å². The number of anilines is 1. The van der Waals surface area contributed by atoms with Crippen molar-refractivity contribution in [1.29, 1.82) is 0 Å². The van der Waals surface area contributed by atoms with E-state index in [1.165, 1.54) is 0 Å². The van der Waals surface area contributed by atoms with E-state index in [0.29, 0.717) is 25.2 Å². The van der Waals surface area contributed by atoms with Crippen molar-refractivity contribution in [1.82, 2.24) is 4.90 Å². The standard InChI is InChI=1S/C14H19N3O3/c1-9(18)10-3-2-4-12(7-10)16-14(20)17-6-5-11(8-17)13(15)19/h2-4,7,9,11,18H,5-6,8H2,1H3,(H2,15,19)(H,16,20). The summed E-state index contributed by atoms with van der Waals surface area (Å²) in [4.78, 5) is 24.7.